The van der Waals surface area contributed by atoms with E-state index in [0.29, 0.717) is 5.69 Å². The predicted molar refractivity (Wildman–Crippen MR) is 113 cm³/mol. The Morgan fingerprint density at radius 1 is 1.00 bits per heavy atom. The summed E-state index contributed by atoms with van der Waals surface area (Å²) in [6.45, 7) is 3.65. The summed E-state index contributed by atoms with van der Waals surface area (Å²) in [6, 6.07) is 7.28. The number of rotatable bonds is 4. The van der Waals surface area contributed by atoms with Crippen LogP contribution >= 0.6 is 24.8 Å². The van der Waals surface area contributed by atoms with Gasteiger partial charge in [0.05, 0.1) is 5.92 Å². The molecule has 2 aliphatic rings. The number of carbonyl (C=O) groups excluding carboxylic acids is 2. The van der Waals surface area contributed by atoms with Gasteiger partial charge in [-0.3, -0.25) is 4.79 Å². The van der Waals surface area contributed by atoms with Gasteiger partial charge in [-0.15, -0.1) is 24.8 Å². The van der Waals surface area contributed by atoms with Crippen LogP contribution in [0.4, 0.5) is 16.2 Å². The molecule has 1 aromatic carbocycles. The number of amides is 3. The van der Waals surface area contributed by atoms with Gasteiger partial charge in [0.15, 0.2) is 0 Å². The minimum Gasteiger partial charge on any atom is -0.335 e. The third-order valence-electron chi connectivity index (χ3n) is 4.90. The topological polar surface area (TPSA) is 85.5 Å². The Balaban J connectivity index is 0.00000182. The summed E-state index contributed by atoms with van der Waals surface area (Å²) >= 11 is 0. The molecule has 152 valence electrons. The summed E-state index contributed by atoms with van der Waals surface area (Å²) in [6.07, 6.45) is 2.83. The number of benzene rings is 1. The van der Waals surface area contributed by atoms with Crippen LogP contribution in [0.3, 0.4) is 0 Å². The van der Waals surface area contributed by atoms with Gasteiger partial charge in [0, 0.05) is 24.0 Å². The lowest BCUT2D eigenvalue weighted by atomic mass is 10.1. The summed E-state index contributed by atoms with van der Waals surface area (Å²) in [7, 11) is 2.10. The number of nitrogens with one attached hydrogen (secondary N) is 4. The molecule has 0 saturated carbocycles. The summed E-state index contributed by atoms with van der Waals surface area (Å²) in [4.78, 5) is 26.4. The van der Waals surface area contributed by atoms with Gasteiger partial charge in [0.1, 0.15) is 0 Å². The molecule has 0 bridgehead atoms. The van der Waals surface area contributed by atoms with Crippen LogP contribution in [0.5, 0.6) is 0 Å². The van der Waals surface area contributed by atoms with Crippen molar-refractivity contribution in [3.8, 4) is 0 Å². The zero-order valence-electron chi connectivity index (χ0n) is 15.5. The standard InChI is InChI=1S/C18H27N5O2.2ClH/c1-23-10-7-16(8-11-23)22-18(25)21-15-4-2-14(3-5-15)20-17(24)13-6-9-19-12-13;;/h2-5,13,16,19H,6-12H2,1H3,(H,20,24)(H2,21,22,25);2*1H. The molecular weight excluding hydrogens is 389 g/mol. The first-order valence-electron chi connectivity index (χ1n) is 8.98. The normalized spacial score (nSPS) is 20.1. The highest BCUT2D eigenvalue weighted by atomic mass is 35.5. The SMILES string of the molecule is CN1CCC(NC(=O)Nc2ccc(NC(=O)C3CCNC3)cc2)CC1.Cl.Cl. The third kappa shape index (κ3) is 7.18. The average molecular weight is 418 g/mol. The fraction of sp³-hybridized carbons (Fsp3) is 0.556. The number of halogens is 2. The Hall–Kier alpha value is -1.54. The minimum atomic E-state index is -0.177. The van der Waals surface area contributed by atoms with Crippen molar-refractivity contribution in [1.29, 1.82) is 0 Å². The van der Waals surface area contributed by atoms with E-state index in [9.17, 15) is 9.59 Å². The van der Waals surface area contributed by atoms with E-state index in [1.165, 1.54) is 0 Å². The number of hydrogen-bond acceptors (Lipinski definition) is 4. The van der Waals surface area contributed by atoms with Crippen LogP contribution in [-0.4, -0.2) is 56.1 Å². The molecule has 0 aliphatic carbocycles. The smallest absolute Gasteiger partial charge is 0.319 e. The van der Waals surface area contributed by atoms with Gasteiger partial charge in [0.2, 0.25) is 5.91 Å². The Morgan fingerprint density at radius 2 is 1.59 bits per heavy atom. The first-order chi connectivity index (χ1) is 12.1. The van der Waals surface area contributed by atoms with Crippen LogP contribution in [0.15, 0.2) is 24.3 Å². The number of carbonyl (C=O) groups is 2. The highest BCUT2D eigenvalue weighted by molar-refractivity contribution is 5.94. The Morgan fingerprint density at radius 3 is 2.15 bits per heavy atom. The minimum absolute atomic E-state index is 0. The molecule has 1 unspecified atom stereocenters. The Labute approximate surface area is 172 Å². The van der Waals surface area contributed by atoms with Crippen LogP contribution in [0.2, 0.25) is 0 Å². The zero-order chi connectivity index (χ0) is 17.6. The quantitative estimate of drug-likeness (QED) is 0.605. The number of anilines is 2. The zero-order valence-corrected chi connectivity index (χ0v) is 17.1. The van der Waals surface area contributed by atoms with Crippen molar-refractivity contribution in [1.82, 2.24) is 15.5 Å². The van der Waals surface area contributed by atoms with Crippen molar-refractivity contribution < 1.29 is 9.59 Å². The monoisotopic (exact) mass is 417 g/mol. The predicted octanol–water partition coefficient (Wildman–Crippen LogP) is 2.29. The molecular formula is C18H29Cl2N5O2. The van der Waals surface area contributed by atoms with Gasteiger partial charge in [-0.05, 0) is 70.2 Å². The van der Waals surface area contributed by atoms with Crippen molar-refractivity contribution in [2.75, 3.05) is 43.9 Å². The van der Waals surface area contributed by atoms with Gasteiger partial charge in [-0.25, -0.2) is 4.79 Å². The molecule has 1 aromatic rings. The number of urea groups is 1. The maximum Gasteiger partial charge on any atom is 0.319 e. The van der Waals surface area contributed by atoms with E-state index in [2.05, 4.69) is 33.2 Å². The summed E-state index contributed by atoms with van der Waals surface area (Å²) in [5.74, 6) is 0.0869. The fourth-order valence-electron chi connectivity index (χ4n) is 3.27. The molecule has 4 N–H and O–H groups in total. The van der Waals surface area contributed by atoms with Crippen LogP contribution in [-0.2, 0) is 4.79 Å². The van der Waals surface area contributed by atoms with E-state index in [1.807, 2.05) is 12.1 Å². The molecule has 27 heavy (non-hydrogen) atoms. The number of hydrogen-bond donors (Lipinski definition) is 4. The van der Waals surface area contributed by atoms with E-state index >= 15 is 0 Å². The molecule has 0 radical (unpaired) electrons. The van der Waals surface area contributed by atoms with Crippen LogP contribution in [0, 0.1) is 5.92 Å². The lowest BCUT2D eigenvalue weighted by Gasteiger charge is -2.29. The van der Waals surface area contributed by atoms with E-state index in [1.54, 1.807) is 12.1 Å². The van der Waals surface area contributed by atoms with Crippen LogP contribution in [0.1, 0.15) is 19.3 Å². The molecule has 2 aliphatic heterocycles. The van der Waals surface area contributed by atoms with Gasteiger partial charge in [-0.1, -0.05) is 0 Å². The second-order valence-corrected chi connectivity index (χ2v) is 6.93. The molecule has 0 spiro atoms. The van der Waals surface area contributed by atoms with Gasteiger partial charge in [0.25, 0.3) is 0 Å². The first-order valence-corrected chi connectivity index (χ1v) is 8.98. The molecule has 0 aromatic heterocycles. The molecule has 3 amide bonds. The van der Waals surface area contributed by atoms with Crippen molar-refractivity contribution in [3.63, 3.8) is 0 Å². The molecule has 3 rings (SSSR count). The lowest BCUT2D eigenvalue weighted by molar-refractivity contribution is -0.119. The Kier molecular flexibility index (Phi) is 9.87. The number of nitrogens with zero attached hydrogens (tertiary/aromatic N) is 1. The third-order valence-corrected chi connectivity index (χ3v) is 4.90. The van der Waals surface area contributed by atoms with Gasteiger partial charge in [-0.2, -0.15) is 0 Å². The first kappa shape index (κ1) is 23.5. The fourth-order valence-corrected chi connectivity index (χ4v) is 3.27. The highest BCUT2D eigenvalue weighted by Crippen LogP contribution is 2.16. The van der Waals surface area contributed by atoms with E-state index in [4.69, 9.17) is 0 Å². The number of piperidine rings is 1. The molecule has 2 heterocycles. The van der Waals surface area contributed by atoms with E-state index < -0.39 is 0 Å². The molecule has 2 saturated heterocycles. The van der Waals surface area contributed by atoms with Gasteiger partial charge < -0.3 is 26.2 Å². The maximum atomic E-state index is 12.1. The van der Waals surface area contributed by atoms with Crippen LogP contribution < -0.4 is 21.3 Å². The van der Waals surface area contributed by atoms with Crippen LogP contribution in [0.25, 0.3) is 0 Å². The van der Waals surface area contributed by atoms with E-state index in [-0.39, 0.29) is 48.7 Å². The molecule has 2 fully saturated rings. The van der Waals surface area contributed by atoms with Gasteiger partial charge >= 0.3 is 6.03 Å². The molecule has 9 heteroatoms. The molecule has 1 atom stereocenters. The Bertz CT molecular complexity index is 600. The molecule has 7 nitrogen and oxygen atoms in total. The lowest BCUT2D eigenvalue weighted by Crippen LogP contribution is -2.44. The largest absolute Gasteiger partial charge is 0.335 e. The second kappa shape index (κ2) is 11.3. The number of likely N-dealkylation sites (tertiary alicyclic amines) is 1. The maximum absolute atomic E-state index is 12.1. The van der Waals surface area contributed by atoms with Crippen molar-refractivity contribution in [2.45, 2.75) is 25.3 Å². The van der Waals surface area contributed by atoms with E-state index in [0.717, 1.165) is 51.1 Å². The van der Waals surface area contributed by atoms with Crippen molar-refractivity contribution in [2.24, 2.45) is 5.92 Å². The van der Waals surface area contributed by atoms with Crippen molar-refractivity contribution in [3.05, 3.63) is 24.3 Å². The average Bonchev–Trinajstić information content (AvgIpc) is 3.13. The summed E-state index contributed by atoms with van der Waals surface area (Å²) in [5, 5.41) is 12.0. The summed E-state index contributed by atoms with van der Waals surface area (Å²) in [5.41, 5.74) is 1.46. The highest BCUT2D eigenvalue weighted by Gasteiger charge is 2.22. The summed E-state index contributed by atoms with van der Waals surface area (Å²) < 4.78 is 0. The second-order valence-electron chi connectivity index (χ2n) is 6.93. The van der Waals surface area contributed by atoms with Crippen molar-refractivity contribution >= 4 is 48.1 Å².